The molecule has 1 aromatic carbocycles. The summed E-state index contributed by atoms with van der Waals surface area (Å²) in [7, 11) is 0. The molecule has 2 N–H and O–H groups in total. The Kier molecular flexibility index (Phi) is 7.72. The molecule has 0 aliphatic carbocycles. The second kappa shape index (κ2) is 9.52. The zero-order valence-electron chi connectivity index (χ0n) is 15.0. The van der Waals surface area contributed by atoms with Gasteiger partial charge < -0.3 is 15.5 Å². The number of carbonyl (C=O) groups is 3. The Morgan fingerprint density at radius 3 is 2.26 bits per heavy atom. The smallest absolute Gasteiger partial charge is 0.329 e. The van der Waals surface area contributed by atoms with Crippen LogP contribution in [0.1, 0.15) is 31.1 Å². The number of carbonyl (C=O) groups excluding carboxylic acids is 3. The number of nitrogens with one attached hydrogen (secondary N) is 2. The molecule has 7 nitrogen and oxygen atoms in total. The van der Waals surface area contributed by atoms with Crippen molar-refractivity contribution in [1.29, 1.82) is 10.7 Å². The SMILES string of the molecule is CC(=N)[C@@H](C#N)C(=O)COC(=O)[C@@H](NC(=O)c1c(F)cccc1F)C(C)C. The number of Topliss-reactive ketones (excluding diaryl/α,β-unsaturated/α-hetero) is 1. The maximum atomic E-state index is 13.7. The molecule has 0 heterocycles. The maximum absolute atomic E-state index is 13.7. The van der Waals surface area contributed by atoms with Gasteiger partial charge >= 0.3 is 5.97 Å². The van der Waals surface area contributed by atoms with Gasteiger partial charge in [0.2, 0.25) is 0 Å². The Bertz CT molecular complexity index is 782. The van der Waals surface area contributed by atoms with Gasteiger partial charge in [-0.05, 0) is 25.0 Å². The highest BCUT2D eigenvalue weighted by molar-refractivity contribution is 6.06. The van der Waals surface area contributed by atoms with Crippen LogP contribution in [0, 0.1) is 40.2 Å². The van der Waals surface area contributed by atoms with E-state index in [2.05, 4.69) is 5.32 Å². The van der Waals surface area contributed by atoms with Gasteiger partial charge in [0.1, 0.15) is 29.2 Å². The number of amides is 1. The van der Waals surface area contributed by atoms with E-state index in [1.807, 2.05) is 0 Å². The summed E-state index contributed by atoms with van der Waals surface area (Å²) in [6.45, 7) is 3.63. The second-order valence-corrected chi connectivity index (χ2v) is 6.11. The van der Waals surface area contributed by atoms with Gasteiger partial charge in [0, 0.05) is 5.71 Å². The molecule has 0 radical (unpaired) electrons. The Hall–Kier alpha value is -3.15. The third-order valence-electron chi connectivity index (χ3n) is 3.64. The van der Waals surface area contributed by atoms with Gasteiger partial charge in [0.05, 0.1) is 6.07 Å². The summed E-state index contributed by atoms with van der Waals surface area (Å²) < 4.78 is 32.2. The Morgan fingerprint density at radius 2 is 1.81 bits per heavy atom. The van der Waals surface area contributed by atoms with Gasteiger partial charge in [-0.15, -0.1) is 0 Å². The van der Waals surface area contributed by atoms with E-state index < -0.39 is 59.3 Å². The van der Waals surface area contributed by atoms with E-state index in [1.54, 1.807) is 19.9 Å². The molecule has 0 aliphatic rings. The molecule has 0 saturated heterocycles. The second-order valence-electron chi connectivity index (χ2n) is 6.11. The minimum absolute atomic E-state index is 0.192. The molecule has 9 heteroatoms. The standard InChI is InChI=1S/C18H19F2N3O4/c1-9(2)16(18(26)27-8-14(24)11(7-21)10(3)22)23-17(25)15-12(19)5-4-6-13(15)20/h4-6,9,11,16,22H,8H2,1-3H3,(H,23,25)/t11-,16+/m1/s1. The molecule has 1 rings (SSSR count). The van der Waals surface area contributed by atoms with E-state index in [0.29, 0.717) is 0 Å². The number of nitrogens with zero attached hydrogens (tertiary/aromatic N) is 1. The first kappa shape index (κ1) is 21.9. The summed E-state index contributed by atoms with van der Waals surface area (Å²) in [5.74, 6) is -6.94. The lowest BCUT2D eigenvalue weighted by Crippen LogP contribution is -2.46. The molecule has 0 saturated carbocycles. The van der Waals surface area contributed by atoms with Crippen molar-refractivity contribution in [3.63, 3.8) is 0 Å². The first-order valence-corrected chi connectivity index (χ1v) is 7.99. The highest BCUT2D eigenvalue weighted by Crippen LogP contribution is 2.14. The number of hydrogen-bond acceptors (Lipinski definition) is 6. The van der Waals surface area contributed by atoms with E-state index in [9.17, 15) is 23.2 Å². The number of benzene rings is 1. The number of nitriles is 1. The zero-order valence-corrected chi connectivity index (χ0v) is 15.0. The fraction of sp³-hybridized carbons (Fsp3) is 0.389. The van der Waals surface area contributed by atoms with Crippen LogP contribution in [0.15, 0.2) is 18.2 Å². The quantitative estimate of drug-likeness (QED) is 0.529. The van der Waals surface area contributed by atoms with Crippen LogP contribution in [0.3, 0.4) is 0 Å². The molecule has 2 atom stereocenters. The van der Waals surface area contributed by atoms with Crippen LogP contribution >= 0.6 is 0 Å². The molecule has 0 bridgehead atoms. The predicted octanol–water partition coefficient (Wildman–Crippen LogP) is 2.01. The molecule has 144 valence electrons. The average Bonchev–Trinajstić information content (AvgIpc) is 2.57. The molecule has 0 spiro atoms. The summed E-state index contributed by atoms with van der Waals surface area (Å²) in [5, 5.41) is 18.4. The van der Waals surface area contributed by atoms with Crippen molar-refractivity contribution in [2.24, 2.45) is 11.8 Å². The average molecular weight is 379 g/mol. The van der Waals surface area contributed by atoms with Crippen molar-refractivity contribution in [2.45, 2.75) is 26.8 Å². The molecular formula is C18H19F2N3O4. The number of hydrogen-bond donors (Lipinski definition) is 2. The molecule has 0 aromatic heterocycles. The molecule has 0 unspecified atom stereocenters. The lowest BCUT2D eigenvalue weighted by molar-refractivity contribution is -0.151. The number of ketones is 1. The van der Waals surface area contributed by atoms with Crippen molar-refractivity contribution in [3.05, 3.63) is 35.4 Å². The van der Waals surface area contributed by atoms with Crippen LogP contribution in [-0.2, 0) is 14.3 Å². The van der Waals surface area contributed by atoms with Crippen molar-refractivity contribution >= 4 is 23.4 Å². The van der Waals surface area contributed by atoms with Gasteiger partial charge in [-0.25, -0.2) is 13.6 Å². The van der Waals surface area contributed by atoms with Crippen LogP contribution < -0.4 is 5.32 Å². The number of esters is 1. The van der Waals surface area contributed by atoms with E-state index in [0.717, 1.165) is 18.2 Å². The fourth-order valence-electron chi connectivity index (χ4n) is 2.15. The van der Waals surface area contributed by atoms with Gasteiger partial charge in [-0.3, -0.25) is 9.59 Å². The fourth-order valence-corrected chi connectivity index (χ4v) is 2.15. The molecule has 1 amide bonds. The Balaban J connectivity index is 2.85. The highest BCUT2D eigenvalue weighted by Gasteiger charge is 2.30. The summed E-state index contributed by atoms with van der Waals surface area (Å²) in [6, 6.07) is 3.26. The largest absolute Gasteiger partial charge is 0.456 e. The van der Waals surface area contributed by atoms with Crippen molar-refractivity contribution in [2.75, 3.05) is 6.61 Å². The first-order chi connectivity index (χ1) is 12.6. The minimum Gasteiger partial charge on any atom is -0.456 e. The third kappa shape index (κ3) is 5.67. The predicted molar refractivity (Wildman–Crippen MR) is 90.9 cm³/mol. The molecule has 0 fully saturated rings. The molecule has 27 heavy (non-hydrogen) atoms. The van der Waals surface area contributed by atoms with Gasteiger partial charge in [0.15, 0.2) is 12.4 Å². The lowest BCUT2D eigenvalue weighted by atomic mass is 10.0. The number of halogens is 2. The third-order valence-corrected chi connectivity index (χ3v) is 3.64. The van der Waals surface area contributed by atoms with Gasteiger partial charge in [-0.2, -0.15) is 5.26 Å². The normalized spacial score (nSPS) is 12.6. The summed E-state index contributed by atoms with van der Waals surface area (Å²) in [5.41, 5.74) is -1.03. The van der Waals surface area contributed by atoms with E-state index in [1.165, 1.54) is 6.92 Å². The van der Waals surface area contributed by atoms with Crippen molar-refractivity contribution in [1.82, 2.24) is 5.32 Å². The molecule has 1 aromatic rings. The summed E-state index contributed by atoms with van der Waals surface area (Å²) in [4.78, 5) is 36.2. The summed E-state index contributed by atoms with van der Waals surface area (Å²) in [6.07, 6.45) is 0. The number of ether oxygens (including phenoxy) is 1. The molecule has 0 aliphatic heterocycles. The minimum atomic E-state index is -1.34. The van der Waals surface area contributed by atoms with E-state index in [-0.39, 0.29) is 5.71 Å². The first-order valence-electron chi connectivity index (χ1n) is 7.99. The highest BCUT2D eigenvalue weighted by atomic mass is 19.1. The van der Waals surface area contributed by atoms with Crippen molar-refractivity contribution in [3.8, 4) is 6.07 Å². The van der Waals surface area contributed by atoms with E-state index in [4.69, 9.17) is 15.4 Å². The number of rotatable bonds is 8. The van der Waals surface area contributed by atoms with Crippen LogP contribution in [0.2, 0.25) is 0 Å². The monoisotopic (exact) mass is 379 g/mol. The zero-order chi connectivity index (χ0) is 20.7. The van der Waals surface area contributed by atoms with Crippen LogP contribution in [0.5, 0.6) is 0 Å². The van der Waals surface area contributed by atoms with Crippen LogP contribution in [-0.4, -0.2) is 36.0 Å². The Labute approximate surface area is 154 Å². The van der Waals surface area contributed by atoms with Crippen molar-refractivity contribution < 1.29 is 27.9 Å². The summed E-state index contributed by atoms with van der Waals surface area (Å²) >= 11 is 0. The van der Waals surface area contributed by atoms with Crippen LogP contribution in [0.4, 0.5) is 8.78 Å². The topological polar surface area (TPSA) is 120 Å². The molecular weight excluding hydrogens is 360 g/mol. The van der Waals surface area contributed by atoms with E-state index >= 15 is 0 Å². The Morgan fingerprint density at radius 1 is 1.26 bits per heavy atom. The van der Waals surface area contributed by atoms with Gasteiger partial charge in [-0.1, -0.05) is 19.9 Å². The van der Waals surface area contributed by atoms with Crippen LogP contribution in [0.25, 0.3) is 0 Å². The lowest BCUT2D eigenvalue weighted by Gasteiger charge is -2.21. The maximum Gasteiger partial charge on any atom is 0.329 e. The van der Waals surface area contributed by atoms with Gasteiger partial charge in [0.25, 0.3) is 5.91 Å².